The third kappa shape index (κ3) is 3.76. The molecule has 0 spiro atoms. The Morgan fingerprint density at radius 1 is 1.17 bits per heavy atom. The molecule has 0 saturated heterocycles. The van der Waals surface area contributed by atoms with E-state index in [2.05, 4.69) is 48.7 Å². The van der Waals surface area contributed by atoms with E-state index < -0.39 is 0 Å². The van der Waals surface area contributed by atoms with Crippen molar-refractivity contribution in [3.63, 3.8) is 0 Å². The van der Waals surface area contributed by atoms with Crippen LogP contribution in [0.25, 0.3) is 0 Å². The van der Waals surface area contributed by atoms with E-state index >= 15 is 0 Å². The lowest BCUT2D eigenvalue weighted by atomic mass is 10.0. The van der Waals surface area contributed by atoms with Gasteiger partial charge in [-0.05, 0) is 42.1 Å². The first-order valence-corrected chi connectivity index (χ1v) is 7.86. The van der Waals surface area contributed by atoms with Crippen molar-refractivity contribution in [1.29, 1.82) is 0 Å². The number of thiol groups is 1. The minimum Gasteiger partial charge on any atom is -0.302 e. The van der Waals surface area contributed by atoms with Crippen molar-refractivity contribution >= 4 is 12.6 Å². The van der Waals surface area contributed by atoms with Crippen LogP contribution >= 0.6 is 12.6 Å². The zero-order chi connectivity index (χ0) is 12.8. The van der Waals surface area contributed by atoms with Gasteiger partial charge in [0.1, 0.15) is 0 Å². The first kappa shape index (κ1) is 14.0. The summed E-state index contributed by atoms with van der Waals surface area (Å²) in [4.78, 5) is 2.64. The number of benzene rings is 1. The van der Waals surface area contributed by atoms with Crippen molar-refractivity contribution in [3.05, 3.63) is 35.4 Å². The van der Waals surface area contributed by atoms with Gasteiger partial charge in [-0.2, -0.15) is 12.6 Å². The zero-order valence-electron chi connectivity index (χ0n) is 11.4. The van der Waals surface area contributed by atoms with Gasteiger partial charge in [0.15, 0.2) is 0 Å². The van der Waals surface area contributed by atoms with Gasteiger partial charge < -0.3 is 4.90 Å². The zero-order valence-corrected chi connectivity index (χ0v) is 12.3. The topological polar surface area (TPSA) is 3.24 Å². The van der Waals surface area contributed by atoms with Gasteiger partial charge in [-0.15, -0.1) is 0 Å². The predicted molar refractivity (Wildman–Crippen MR) is 82.5 cm³/mol. The molecule has 18 heavy (non-hydrogen) atoms. The van der Waals surface area contributed by atoms with Crippen molar-refractivity contribution < 1.29 is 0 Å². The van der Waals surface area contributed by atoms with Gasteiger partial charge in [0.05, 0.1) is 0 Å². The van der Waals surface area contributed by atoms with Crippen LogP contribution < -0.4 is 0 Å². The van der Waals surface area contributed by atoms with Crippen LogP contribution in [0, 0.1) is 5.92 Å². The number of fused-ring (bicyclic) bond motifs is 1. The number of hydrogen-bond acceptors (Lipinski definition) is 2. The molecule has 0 aliphatic carbocycles. The molecule has 0 N–H and O–H groups in total. The van der Waals surface area contributed by atoms with E-state index in [1.54, 1.807) is 11.1 Å². The Kier molecular flexibility index (Phi) is 5.58. The van der Waals surface area contributed by atoms with Crippen molar-refractivity contribution in [2.45, 2.75) is 32.6 Å². The highest BCUT2D eigenvalue weighted by Crippen LogP contribution is 2.18. The fraction of sp³-hybridized carbons (Fsp3) is 0.625. The standard InChI is InChI=1S/C16H25NS/c1-2-5-14(13-18)12-17-10-8-15-6-3-4-7-16(15)9-11-17/h3-4,6-7,14,18H,2,5,8-13H2,1H3. The Morgan fingerprint density at radius 3 is 2.28 bits per heavy atom. The molecule has 1 aromatic carbocycles. The molecule has 100 valence electrons. The quantitative estimate of drug-likeness (QED) is 0.797. The lowest BCUT2D eigenvalue weighted by molar-refractivity contribution is 0.244. The maximum absolute atomic E-state index is 4.50. The SMILES string of the molecule is CCCC(CS)CN1CCc2ccccc2CC1. The van der Waals surface area contributed by atoms with Crippen LogP contribution in [0.1, 0.15) is 30.9 Å². The van der Waals surface area contributed by atoms with E-state index in [1.165, 1.54) is 45.3 Å². The van der Waals surface area contributed by atoms with Crippen LogP contribution in [0.5, 0.6) is 0 Å². The van der Waals surface area contributed by atoms with E-state index in [1.807, 2.05) is 0 Å². The van der Waals surface area contributed by atoms with Gasteiger partial charge in [-0.25, -0.2) is 0 Å². The fourth-order valence-corrected chi connectivity index (χ4v) is 3.21. The molecule has 2 heteroatoms. The van der Waals surface area contributed by atoms with Crippen LogP contribution in [0.15, 0.2) is 24.3 Å². The molecule has 1 aliphatic rings. The molecule has 0 aromatic heterocycles. The molecule has 1 unspecified atom stereocenters. The highest BCUT2D eigenvalue weighted by atomic mass is 32.1. The van der Waals surface area contributed by atoms with E-state index in [0.717, 1.165) is 11.7 Å². The first-order chi connectivity index (χ1) is 8.83. The largest absolute Gasteiger partial charge is 0.302 e. The summed E-state index contributed by atoms with van der Waals surface area (Å²) in [5.41, 5.74) is 3.11. The fourth-order valence-electron chi connectivity index (χ4n) is 2.91. The predicted octanol–water partition coefficient (Wildman–Crippen LogP) is 3.43. The van der Waals surface area contributed by atoms with Crippen molar-refractivity contribution in [2.75, 3.05) is 25.4 Å². The second-order valence-electron chi connectivity index (χ2n) is 5.41. The number of hydrogen-bond donors (Lipinski definition) is 1. The second-order valence-corrected chi connectivity index (χ2v) is 5.77. The summed E-state index contributed by atoms with van der Waals surface area (Å²) in [6, 6.07) is 8.92. The highest BCUT2D eigenvalue weighted by Gasteiger charge is 2.16. The molecule has 0 fully saturated rings. The average molecular weight is 263 g/mol. The summed E-state index contributed by atoms with van der Waals surface area (Å²) in [6.45, 7) is 5.93. The lowest BCUT2D eigenvalue weighted by Gasteiger charge is -2.25. The summed E-state index contributed by atoms with van der Waals surface area (Å²) in [5, 5.41) is 0. The maximum atomic E-state index is 4.50. The van der Waals surface area contributed by atoms with Gasteiger partial charge in [0.2, 0.25) is 0 Å². The van der Waals surface area contributed by atoms with E-state index in [-0.39, 0.29) is 0 Å². The third-order valence-corrected chi connectivity index (χ3v) is 4.50. The van der Waals surface area contributed by atoms with Gasteiger partial charge in [0.25, 0.3) is 0 Å². The molecule has 0 saturated carbocycles. The van der Waals surface area contributed by atoms with Crippen molar-refractivity contribution in [1.82, 2.24) is 4.90 Å². The Labute approximate surface area is 117 Å². The van der Waals surface area contributed by atoms with E-state index in [9.17, 15) is 0 Å². The normalized spacial score (nSPS) is 18.1. The van der Waals surface area contributed by atoms with Gasteiger partial charge in [-0.1, -0.05) is 37.6 Å². The molecular weight excluding hydrogens is 238 g/mol. The first-order valence-electron chi connectivity index (χ1n) is 7.23. The highest BCUT2D eigenvalue weighted by molar-refractivity contribution is 7.80. The Morgan fingerprint density at radius 2 is 1.78 bits per heavy atom. The molecule has 0 radical (unpaired) electrons. The summed E-state index contributed by atoms with van der Waals surface area (Å²) in [5.74, 6) is 1.79. The summed E-state index contributed by atoms with van der Waals surface area (Å²) in [7, 11) is 0. The molecule has 1 atom stereocenters. The smallest absolute Gasteiger partial charge is 0.00222 e. The molecule has 2 rings (SSSR count). The van der Waals surface area contributed by atoms with E-state index in [0.29, 0.717) is 0 Å². The van der Waals surface area contributed by atoms with Crippen LogP contribution in [0.3, 0.4) is 0 Å². The van der Waals surface area contributed by atoms with Gasteiger partial charge in [-0.3, -0.25) is 0 Å². The molecule has 1 heterocycles. The monoisotopic (exact) mass is 263 g/mol. The molecule has 1 nitrogen and oxygen atoms in total. The van der Waals surface area contributed by atoms with Crippen molar-refractivity contribution in [2.24, 2.45) is 5.92 Å². The third-order valence-electron chi connectivity index (χ3n) is 3.98. The van der Waals surface area contributed by atoms with E-state index in [4.69, 9.17) is 0 Å². The Hall–Kier alpha value is -0.470. The summed E-state index contributed by atoms with van der Waals surface area (Å²) >= 11 is 4.50. The molecule has 0 bridgehead atoms. The maximum Gasteiger partial charge on any atom is 0.00222 e. The summed E-state index contributed by atoms with van der Waals surface area (Å²) < 4.78 is 0. The minimum atomic E-state index is 0.763. The lowest BCUT2D eigenvalue weighted by Crippen LogP contribution is -2.32. The molecular formula is C16H25NS. The molecule has 0 amide bonds. The Bertz CT molecular complexity index is 337. The van der Waals surface area contributed by atoms with Crippen molar-refractivity contribution in [3.8, 4) is 0 Å². The second kappa shape index (κ2) is 7.20. The molecule has 1 aliphatic heterocycles. The van der Waals surface area contributed by atoms with Crippen LogP contribution in [0.2, 0.25) is 0 Å². The minimum absolute atomic E-state index is 0.763. The van der Waals surface area contributed by atoms with Gasteiger partial charge >= 0.3 is 0 Å². The van der Waals surface area contributed by atoms with Crippen LogP contribution in [0.4, 0.5) is 0 Å². The number of rotatable bonds is 5. The van der Waals surface area contributed by atoms with Crippen LogP contribution in [-0.4, -0.2) is 30.3 Å². The Balaban J connectivity index is 1.91. The number of nitrogens with zero attached hydrogens (tertiary/aromatic N) is 1. The summed E-state index contributed by atoms with van der Waals surface area (Å²) in [6.07, 6.45) is 5.01. The van der Waals surface area contributed by atoms with Crippen LogP contribution in [-0.2, 0) is 12.8 Å². The van der Waals surface area contributed by atoms with Gasteiger partial charge in [0, 0.05) is 19.6 Å². The average Bonchev–Trinajstić information content (AvgIpc) is 2.61. The molecule has 1 aromatic rings.